The third kappa shape index (κ3) is 2.81. The quantitative estimate of drug-likeness (QED) is 0.838. The van der Waals surface area contributed by atoms with E-state index in [1.807, 2.05) is 39.4 Å². The molecule has 0 bridgehead atoms. The lowest BCUT2D eigenvalue weighted by Gasteiger charge is -2.12. The minimum Gasteiger partial charge on any atom is -0.388 e. The van der Waals surface area contributed by atoms with Crippen molar-refractivity contribution < 1.29 is 9.50 Å². The van der Waals surface area contributed by atoms with E-state index >= 15 is 0 Å². The van der Waals surface area contributed by atoms with Gasteiger partial charge in [-0.2, -0.15) is 11.3 Å². The highest BCUT2D eigenvalue weighted by molar-refractivity contribution is 14.1. The molecule has 1 atom stereocenters. The first-order valence-electron chi connectivity index (χ1n) is 4.81. The van der Waals surface area contributed by atoms with Gasteiger partial charge >= 0.3 is 0 Å². The van der Waals surface area contributed by atoms with Crippen LogP contribution in [0.5, 0.6) is 0 Å². The van der Waals surface area contributed by atoms with Crippen LogP contribution in [0, 0.1) is 9.39 Å². The predicted octanol–water partition coefficient (Wildman–Crippen LogP) is 3.77. The fourth-order valence-electron chi connectivity index (χ4n) is 1.51. The van der Waals surface area contributed by atoms with E-state index in [-0.39, 0.29) is 5.82 Å². The maximum Gasteiger partial charge on any atom is 0.124 e. The second kappa shape index (κ2) is 5.25. The van der Waals surface area contributed by atoms with Crippen LogP contribution in [0.4, 0.5) is 4.39 Å². The normalized spacial score (nSPS) is 12.7. The zero-order chi connectivity index (χ0) is 11.5. The summed E-state index contributed by atoms with van der Waals surface area (Å²) >= 11 is 3.66. The van der Waals surface area contributed by atoms with Crippen molar-refractivity contribution in [1.82, 2.24) is 0 Å². The van der Waals surface area contributed by atoms with Crippen LogP contribution in [0.1, 0.15) is 17.2 Å². The zero-order valence-electron chi connectivity index (χ0n) is 8.36. The molecule has 0 saturated heterocycles. The molecular weight excluding hydrogens is 338 g/mol. The molecule has 1 unspecified atom stereocenters. The zero-order valence-corrected chi connectivity index (χ0v) is 11.3. The first kappa shape index (κ1) is 12.0. The SMILES string of the molecule is OC(Cc1ccsc1)c1ccc(F)cc1I. The van der Waals surface area contributed by atoms with E-state index in [4.69, 9.17) is 0 Å². The summed E-state index contributed by atoms with van der Waals surface area (Å²) in [6.07, 6.45) is 0.00704. The van der Waals surface area contributed by atoms with Gasteiger partial charge in [0.25, 0.3) is 0 Å². The Morgan fingerprint density at radius 3 is 2.81 bits per heavy atom. The number of rotatable bonds is 3. The summed E-state index contributed by atoms with van der Waals surface area (Å²) in [7, 11) is 0. The van der Waals surface area contributed by atoms with Crippen LogP contribution in [0.3, 0.4) is 0 Å². The van der Waals surface area contributed by atoms with E-state index in [1.165, 1.54) is 12.1 Å². The highest BCUT2D eigenvalue weighted by atomic mass is 127. The van der Waals surface area contributed by atoms with Gasteiger partial charge in [-0.15, -0.1) is 0 Å². The van der Waals surface area contributed by atoms with Gasteiger partial charge in [0.2, 0.25) is 0 Å². The highest BCUT2D eigenvalue weighted by Crippen LogP contribution is 2.24. The van der Waals surface area contributed by atoms with Crippen molar-refractivity contribution in [3.8, 4) is 0 Å². The molecule has 0 aliphatic carbocycles. The van der Waals surface area contributed by atoms with E-state index in [0.717, 1.165) is 14.7 Å². The third-order valence-electron chi connectivity index (χ3n) is 2.33. The topological polar surface area (TPSA) is 20.2 Å². The Bertz CT molecular complexity index is 470. The van der Waals surface area contributed by atoms with E-state index in [0.29, 0.717) is 6.42 Å². The molecule has 0 saturated carbocycles. The molecule has 0 radical (unpaired) electrons. The Hall–Kier alpha value is -0.460. The number of hydrogen-bond acceptors (Lipinski definition) is 2. The van der Waals surface area contributed by atoms with Gasteiger partial charge in [0.1, 0.15) is 5.82 Å². The summed E-state index contributed by atoms with van der Waals surface area (Å²) in [5.74, 6) is -0.268. The second-order valence-corrected chi connectivity index (χ2v) is 5.46. The first-order valence-corrected chi connectivity index (χ1v) is 6.83. The molecule has 2 rings (SSSR count). The molecule has 4 heteroatoms. The molecule has 0 aliphatic heterocycles. The molecule has 2 aromatic rings. The predicted molar refractivity (Wildman–Crippen MR) is 72.1 cm³/mol. The number of hydrogen-bond donors (Lipinski definition) is 1. The highest BCUT2D eigenvalue weighted by Gasteiger charge is 2.12. The molecule has 1 aromatic heterocycles. The Morgan fingerprint density at radius 1 is 1.38 bits per heavy atom. The standard InChI is InChI=1S/C12H10FIOS/c13-9-1-2-10(11(14)6-9)12(15)5-8-3-4-16-7-8/h1-4,6-7,12,15H,5H2. The lowest BCUT2D eigenvalue weighted by Crippen LogP contribution is -2.03. The Morgan fingerprint density at radius 2 is 2.19 bits per heavy atom. The fourth-order valence-corrected chi connectivity index (χ4v) is 3.03. The summed E-state index contributed by atoms with van der Waals surface area (Å²) in [6, 6.07) is 6.46. The fraction of sp³-hybridized carbons (Fsp3) is 0.167. The van der Waals surface area contributed by atoms with Crippen molar-refractivity contribution in [3.63, 3.8) is 0 Å². The van der Waals surface area contributed by atoms with Crippen LogP contribution in [-0.4, -0.2) is 5.11 Å². The summed E-state index contributed by atoms with van der Waals surface area (Å²) < 4.78 is 13.7. The molecule has 0 aliphatic rings. The lowest BCUT2D eigenvalue weighted by molar-refractivity contribution is 0.177. The van der Waals surface area contributed by atoms with Crippen LogP contribution in [-0.2, 0) is 6.42 Å². The number of thiophene rings is 1. The van der Waals surface area contributed by atoms with Gasteiger partial charge in [0.05, 0.1) is 6.10 Å². The van der Waals surface area contributed by atoms with Gasteiger partial charge in [-0.3, -0.25) is 0 Å². The molecule has 1 nitrogen and oxygen atoms in total. The van der Waals surface area contributed by atoms with Crippen LogP contribution in [0.15, 0.2) is 35.0 Å². The monoisotopic (exact) mass is 348 g/mol. The maximum atomic E-state index is 12.9. The van der Waals surface area contributed by atoms with Crippen molar-refractivity contribution in [2.75, 3.05) is 0 Å². The van der Waals surface area contributed by atoms with Crippen molar-refractivity contribution >= 4 is 33.9 Å². The molecule has 1 N–H and O–H groups in total. The molecule has 0 amide bonds. The Labute approximate surface area is 111 Å². The lowest BCUT2D eigenvalue weighted by atomic mass is 10.0. The average Bonchev–Trinajstić information content (AvgIpc) is 2.70. The number of benzene rings is 1. The molecular formula is C12H10FIOS. The molecule has 1 heterocycles. The molecule has 0 fully saturated rings. The van der Waals surface area contributed by atoms with Gasteiger partial charge in [0, 0.05) is 9.99 Å². The minimum absolute atomic E-state index is 0.268. The molecule has 0 spiro atoms. The number of aliphatic hydroxyl groups excluding tert-OH is 1. The van der Waals surface area contributed by atoms with Crippen molar-refractivity contribution in [2.24, 2.45) is 0 Å². The van der Waals surface area contributed by atoms with E-state index in [9.17, 15) is 9.50 Å². The van der Waals surface area contributed by atoms with Crippen LogP contribution >= 0.6 is 33.9 Å². The van der Waals surface area contributed by atoms with Crippen LogP contribution in [0.25, 0.3) is 0 Å². The molecule has 84 valence electrons. The second-order valence-electron chi connectivity index (χ2n) is 3.52. The molecule has 16 heavy (non-hydrogen) atoms. The summed E-state index contributed by atoms with van der Waals surface area (Å²) in [5, 5.41) is 14.0. The average molecular weight is 348 g/mol. The largest absolute Gasteiger partial charge is 0.388 e. The summed E-state index contributed by atoms with van der Waals surface area (Å²) in [6.45, 7) is 0. The van der Waals surface area contributed by atoms with Crippen molar-refractivity contribution in [1.29, 1.82) is 0 Å². The minimum atomic E-state index is -0.568. The smallest absolute Gasteiger partial charge is 0.124 e. The molecule has 1 aromatic carbocycles. The third-order valence-corrected chi connectivity index (χ3v) is 4.00. The van der Waals surface area contributed by atoms with Crippen molar-refractivity contribution in [3.05, 3.63) is 55.5 Å². The Kier molecular flexibility index (Phi) is 3.94. The summed E-state index contributed by atoms with van der Waals surface area (Å²) in [5.41, 5.74) is 1.89. The Balaban J connectivity index is 2.17. The van der Waals surface area contributed by atoms with Gasteiger partial charge in [-0.25, -0.2) is 4.39 Å². The number of halogens is 2. The van der Waals surface area contributed by atoms with E-state index < -0.39 is 6.10 Å². The summed E-state index contributed by atoms with van der Waals surface area (Å²) in [4.78, 5) is 0. The van der Waals surface area contributed by atoms with E-state index in [1.54, 1.807) is 17.4 Å². The van der Waals surface area contributed by atoms with Gasteiger partial charge in [0.15, 0.2) is 0 Å². The van der Waals surface area contributed by atoms with Gasteiger partial charge in [-0.1, -0.05) is 6.07 Å². The van der Waals surface area contributed by atoms with Gasteiger partial charge < -0.3 is 5.11 Å². The van der Waals surface area contributed by atoms with E-state index in [2.05, 4.69) is 0 Å². The first-order chi connectivity index (χ1) is 7.66. The number of aliphatic hydroxyl groups is 1. The van der Waals surface area contributed by atoms with Crippen LogP contribution in [0.2, 0.25) is 0 Å². The van der Waals surface area contributed by atoms with Gasteiger partial charge in [-0.05, 0) is 62.7 Å². The van der Waals surface area contributed by atoms with Crippen molar-refractivity contribution in [2.45, 2.75) is 12.5 Å². The maximum absolute atomic E-state index is 12.9. The van der Waals surface area contributed by atoms with Crippen LogP contribution < -0.4 is 0 Å².